The fourth-order valence-corrected chi connectivity index (χ4v) is 2.62. The number of rotatable bonds is 4. The van der Waals surface area contributed by atoms with E-state index in [-0.39, 0.29) is 11.9 Å². The molecule has 1 N–H and O–H groups in total. The highest BCUT2D eigenvalue weighted by molar-refractivity contribution is 5.98. The lowest BCUT2D eigenvalue weighted by Crippen LogP contribution is -2.52. The van der Waals surface area contributed by atoms with Crippen LogP contribution in [0.3, 0.4) is 0 Å². The molecule has 1 unspecified atom stereocenters. The molecule has 1 aromatic carbocycles. The van der Waals surface area contributed by atoms with Gasteiger partial charge in [0.1, 0.15) is 0 Å². The summed E-state index contributed by atoms with van der Waals surface area (Å²) in [7, 11) is 4.04. The second kappa shape index (κ2) is 6.27. The van der Waals surface area contributed by atoms with Crippen molar-refractivity contribution in [3.05, 3.63) is 24.3 Å². The molecule has 1 heterocycles. The maximum absolute atomic E-state index is 12.5. The Balaban J connectivity index is 2.12. The summed E-state index contributed by atoms with van der Waals surface area (Å²) in [5.41, 5.74) is 2.14. The van der Waals surface area contributed by atoms with Crippen molar-refractivity contribution in [1.82, 2.24) is 5.32 Å². The monoisotopic (exact) mass is 275 g/mol. The van der Waals surface area contributed by atoms with Gasteiger partial charge in [-0.1, -0.05) is 13.8 Å². The van der Waals surface area contributed by atoms with Gasteiger partial charge in [0, 0.05) is 38.1 Å². The lowest BCUT2D eigenvalue weighted by molar-refractivity contribution is -0.121. The van der Waals surface area contributed by atoms with Gasteiger partial charge in [0.05, 0.1) is 6.04 Å². The topological polar surface area (TPSA) is 35.6 Å². The zero-order valence-electron chi connectivity index (χ0n) is 12.9. The Morgan fingerprint density at radius 3 is 2.45 bits per heavy atom. The molecule has 0 aliphatic carbocycles. The van der Waals surface area contributed by atoms with Crippen LogP contribution in [0.25, 0.3) is 0 Å². The van der Waals surface area contributed by atoms with E-state index >= 15 is 0 Å². The molecule has 0 radical (unpaired) electrons. The van der Waals surface area contributed by atoms with Gasteiger partial charge in [0.25, 0.3) is 0 Å². The summed E-state index contributed by atoms with van der Waals surface area (Å²) in [5.74, 6) is 0.197. The first-order chi connectivity index (χ1) is 9.49. The van der Waals surface area contributed by atoms with E-state index in [4.69, 9.17) is 0 Å². The first-order valence-electron chi connectivity index (χ1n) is 7.34. The van der Waals surface area contributed by atoms with E-state index in [0.29, 0.717) is 6.04 Å². The van der Waals surface area contributed by atoms with Gasteiger partial charge in [-0.3, -0.25) is 4.79 Å². The highest BCUT2D eigenvalue weighted by atomic mass is 16.2. The second-order valence-electron chi connectivity index (χ2n) is 5.92. The lowest BCUT2D eigenvalue weighted by atomic mass is 10.0. The fraction of sp³-hybridized carbons (Fsp3) is 0.562. The first-order valence-corrected chi connectivity index (χ1v) is 7.34. The highest BCUT2D eigenvalue weighted by Gasteiger charge is 2.29. The standard InChI is InChI=1S/C16H25N3O/c1-12(2)17-15-6-5-11-19(16(15)20)14-9-7-13(8-10-14)18(3)4/h7-10,12,15,17H,5-6,11H2,1-4H3. The van der Waals surface area contributed by atoms with Gasteiger partial charge in [-0.15, -0.1) is 0 Å². The zero-order chi connectivity index (χ0) is 14.7. The van der Waals surface area contributed by atoms with Crippen molar-refractivity contribution in [1.29, 1.82) is 0 Å². The lowest BCUT2D eigenvalue weighted by Gasteiger charge is -2.34. The van der Waals surface area contributed by atoms with E-state index in [0.717, 1.165) is 30.8 Å². The Kier molecular flexibility index (Phi) is 4.65. The van der Waals surface area contributed by atoms with Crippen molar-refractivity contribution in [2.45, 2.75) is 38.8 Å². The molecule has 4 heteroatoms. The number of nitrogens with zero attached hydrogens (tertiary/aromatic N) is 2. The van der Waals surface area contributed by atoms with Crippen molar-refractivity contribution >= 4 is 17.3 Å². The van der Waals surface area contributed by atoms with Crippen molar-refractivity contribution in [3.8, 4) is 0 Å². The average molecular weight is 275 g/mol. The first kappa shape index (κ1) is 14.9. The predicted molar refractivity (Wildman–Crippen MR) is 84.4 cm³/mol. The maximum Gasteiger partial charge on any atom is 0.244 e. The minimum absolute atomic E-state index is 0.0442. The smallest absolute Gasteiger partial charge is 0.244 e. The third kappa shape index (κ3) is 3.31. The van der Waals surface area contributed by atoms with E-state index in [1.807, 2.05) is 31.1 Å². The van der Waals surface area contributed by atoms with Gasteiger partial charge in [-0.2, -0.15) is 0 Å². The van der Waals surface area contributed by atoms with Crippen LogP contribution in [-0.4, -0.2) is 38.6 Å². The third-order valence-corrected chi connectivity index (χ3v) is 3.65. The Labute approximate surface area is 121 Å². The van der Waals surface area contributed by atoms with Crippen molar-refractivity contribution in [2.24, 2.45) is 0 Å². The highest BCUT2D eigenvalue weighted by Crippen LogP contribution is 2.24. The summed E-state index contributed by atoms with van der Waals surface area (Å²) >= 11 is 0. The molecule has 20 heavy (non-hydrogen) atoms. The number of hydrogen-bond donors (Lipinski definition) is 1. The Bertz CT molecular complexity index is 453. The zero-order valence-corrected chi connectivity index (χ0v) is 12.9. The van der Waals surface area contributed by atoms with Gasteiger partial charge in [0.15, 0.2) is 0 Å². The Morgan fingerprint density at radius 1 is 1.25 bits per heavy atom. The third-order valence-electron chi connectivity index (χ3n) is 3.65. The predicted octanol–water partition coefficient (Wildman–Crippen LogP) is 2.25. The average Bonchev–Trinajstić information content (AvgIpc) is 2.41. The van der Waals surface area contributed by atoms with Gasteiger partial charge >= 0.3 is 0 Å². The number of carbonyl (C=O) groups is 1. The molecule has 1 aliphatic rings. The van der Waals surface area contributed by atoms with Crippen LogP contribution in [-0.2, 0) is 4.79 Å². The number of piperidine rings is 1. The number of amides is 1. The van der Waals surface area contributed by atoms with Crippen LogP contribution in [0.15, 0.2) is 24.3 Å². The molecule has 1 aliphatic heterocycles. The van der Waals surface area contributed by atoms with Gasteiger partial charge in [0.2, 0.25) is 5.91 Å². The van der Waals surface area contributed by atoms with Crippen LogP contribution >= 0.6 is 0 Å². The summed E-state index contributed by atoms with van der Waals surface area (Å²) in [6, 6.07) is 8.47. The van der Waals surface area contributed by atoms with E-state index in [2.05, 4.69) is 36.2 Å². The SMILES string of the molecule is CC(C)NC1CCCN(c2ccc(N(C)C)cc2)C1=O. The van der Waals surface area contributed by atoms with Crippen LogP contribution in [0.2, 0.25) is 0 Å². The van der Waals surface area contributed by atoms with E-state index in [1.54, 1.807) is 0 Å². The number of anilines is 2. The van der Waals surface area contributed by atoms with Gasteiger partial charge in [-0.25, -0.2) is 0 Å². The normalized spacial score (nSPS) is 19.6. The molecule has 110 valence electrons. The second-order valence-corrected chi connectivity index (χ2v) is 5.92. The van der Waals surface area contributed by atoms with Crippen LogP contribution in [0.5, 0.6) is 0 Å². The maximum atomic E-state index is 12.5. The summed E-state index contributed by atoms with van der Waals surface area (Å²) < 4.78 is 0. The van der Waals surface area contributed by atoms with Gasteiger partial charge < -0.3 is 15.1 Å². The van der Waals surface area contributed by atoms with Crippen LogP contribution in [0, 0.1) is 0 Å². The number of nitrogens with one attached hydrogen (secondary N) is 1. The molecule has 1 saturated heterocycles. The van der Waals surface area contributed by atoms with Crippen LogP contribution in [0.4, 0.5) is 11.4 Å². The van der Waals surface area contributed by atoms with Crippen LogP contribution in [0.1, 0.15) is 26.7 Å². The van der Waals surface area contributed by atoms with Crippen LogP contribution < -0.4 is 15.1 Å². The summed E-state index contributed by atoms with van der Waals surface area (Å²) in [6.07, 6.45) is 1.98. The molecular formula is C16H25N3O. The number of benzene rings is 1. The summed E-state index contributed by atoms with van der Waals surface area (Å²) in [4.78, 5) is 16.5. The molecule has 1 aromatic rings. The summed E-state index contributed by atoms with van der Waals surface area (Å²) in [5, 5.41) is 3.36. The van der Waals surface area contributed by atoms with E-state index in [1.165, 1.54) is 0 Å². The van der Waals surface area contributed by atoms with E-state index in [9.17, 15) is 4.79 Å². The van der Waals surface area contributed by atoms with E-state index < -0.39 is 0 Å². The molecule has 2 rings (SSSR count). The molecule has 0 bridgehead atoms. The fourth-order valence-electron chi connectivity index (χ4n) is 2.62. The molecule has 1 amide bonds. The van der Waals surface area contributed by atoms with Crippen molar-refractivity contribution in [3.63, 3.8) is 0 Å². The molecule has 1 atom stereocenters. The minimum Gasteiger partial charge on any atom is -0.378 e. The summed E-state index contributed by atoms with van der Waals surface area (Å²) in [6.45, 7) is 4.98. The van der Waals surface area contributed by atoms with Crippen molar-refractivity contribution < 1.29 is 4.79 Å². The molecule has 0 spiro atoms. The molecular weight excluding hydrogens is 250 g/mol. The number of carbonyl (C=O) groups excluding carboxylic acids is 1. The Morgan fingerprint density at radius 2 is 1.90 bits per heavy atom. The Hall–Kier alpha value is -1.55. The molecule has 4 nitrogen and oxygen atoms in total. The number of hydrogen-bond acceptors (Lipinski definition) is 3. The molecule has 0 saturated carbocycles. The van der Waals surface area contributed by atoms with Gasteiger partial charge in [-0.05, 0) is 37.1 Å². The molecule has 0 aromatic heterocycles. The van der Waals surface area contributed by atoms with Crippen molar-refractivity contribution in [2.75, 3.05) is 30.4 Å². The minimum atomic E-state index is -0.0442. The molecule has 1 fully saturated rings. The largest absolute Gasteiger partial charge is 0.378 e. The quantitative estimate of drug-likeness (QED) is 0.915.